The Morgan fingerprint density at radius 1 is 0.957 bits per heavy atom. The van der Waals surface area contributed by atoms with Crippen molar-refractivity contribution in [2.45, 2.75) is 0 Å². The number of likely N-dealkylation sites (N-methyl/N-ethyl adjacent to an activating group) is 1. The first-order chi connectivity index (χ1) is 22.2. The summed E-state index contributed by atoms with van der Waals surface area (Å²) in [5.74, 6) is -5.07. The number of nitrogens with one attached hydrogen (secondary N) is 2. The van der Waals surface area contributed by atoms with E-state index in [4.69, 9.17) is 30.1 Å². The highest BCUT2D eigenvalue weighted by Crippen LogP contribution is 2.43. The van der Waals surface area contributed by atoms with Crippen molar-refractivity contribution in [2.24, 2.45) is 10.7 Å². The first-order valence-electron chi connectivity index (χ1n) is 13.6. The molecule has 3 heterocycles. The zero-order valence-corrected chi connectivity index (χ0v) is 24.3. The number of halogens is 2. The maximum atomic E-state index is 16.1. The largest absolute Gasteiger partial charge is 0.504 e. The molecule has 2 aromatic heterocycles. The number of aliphatic imine (C=N–C) groups is 1. The Kier molecular flexibility index (Phi) is 7.99. The van der Waals surface area contributed by atoms with Crippen molar-refractivity contribution < 1.29 is 32.8 Å². The highest BCUT2D eigenvalue weighted by atomic mass is 19.1. The molecule has 234 valence electrons. The number of nitrogens with zero attached hydrogens (tertiary/aromatic N) is 6. The predicted octanol–water partition coefficient (Wildman–Crippen LogP) is 4.61. The Labute approximate surface area is 259 Å². The molecule has 46 heavy (non-hydrogen) atoms. The molecule has 0 atom stereocenters. The smallest absolute Gasteiger partial charge is 0.263 e. The van der Waals surface area contributed by atoms with Crippen LogP contribution in [0.25, 0.3) is 11.4 Å². The van der Waals surface area contributed by atoms with Crippen LogP contribution >= 0.6 is 0 Å². The van der Waals surface area contributed by atoms with E-state index in [0.29, 0.717) is 17.7 Å². The molecular weight excluding hydrogens is 604 g/mol. The van der Waals surface area contributed by atoms with Gasteiger partial charge in [0.05, 0.1) is 13.7 Å². The number of aromatic nitrogens is 5. The average molecular weight is 630 g/mol. The third kappa shape index (κ3) is 5.90. The van der Waals surface area contributed by atoms with Crippen LogP contribution in [0.3, 0.4) is 0 Å². The van der Waals surface area contributed by atoms with Gasteiger partial charge in [0.1, 0.15) is 17.4 Å². The van der Waals surface area contributed by atoms with Crippen LogP contribution in [0.5, 0.6) is 46.3 Å². The second kappa shape index (κ2) is 12.4. The maximum absolute atomic E-state index is 16.1. The fourth-order valence-corrected chi connectivity index (χ4v) is 4.52. The summed E-state index contributed by atoms with van der Waals surface area (Å²) in [4.78, 5) is 10.4. The van der Waals surface area contributed by atoms with Crippen molar-refractivity contribution in [3.63, 3.8) is 0 Å². The molecule has 6 rings (SSSR count). The van der Waals surface area contributed by atoms with Crippen molar-refractivity contribution >= 4 is 11.7 Å². The van der Waals surface area contributed by atoms with E-state index in [-0.39, 0.29) is 40.2 Å². The van der Waals surface area contributed by atoms with Crippen LogP contribution < -0.4 is 24.7 Å². The molecule has 1 aliphatic rings. The van der Waals surface area contributed by atoms with Gasteiger partial charge in [0, 0.05) is 30.3 Å². The number of aromatic amines is 1. The molecular formula is C30H25F2N9O5. The van der Waals surface area contributed by atoms with Gasteiger partial charge in [-0.05, 0) is 59.0 Å². The number of phenols is 1. The SMILES string of the molecule is COc1ccc(-c2nnn[nH]2)cc1Oc1c(F)c(Oc2cccc(C3=NCCN3C)c2)nc(Oc2cc(C(=N)N)ccc2O)c1F. The maximum Gasteiger partial charge on any atom is 0.263 e. The lowest BCUT2D eigenvalue weighted by Crippen LogP contribution is -2.23. The molecule has 0 saturated carbocycles. The number of nitrogen functional groups attached to an aromatic ring is 1. The minimum absolute atomic E-state index is 0.108. The zero-order valence-electron chi connectivity index (χ0n) is 24.3. The number of tetrazole rings is 1. The molecule has 0 bridgehead atoms. The minimum Gasteiger partial charge on any atom is -0.504 e. The van der Waals surface area contributed by atoms with Gasteiger partial charge in [0.15, 0.2) is 28.8 Å². The normalized spacial score (nSPS) is 12.5. The van der Waals surface area contributed by atoms with Gasteiger partial charge in [0.2, 0.25) is 17.4 Å². The molecule has 3 aromatic carbocycles. The van der Waals surface area contributed by atoms with Crippen LogP contribution in [-0.2, 0) is 0 Å². The summed E-state index contributed by atoms with van der Waals surface area (Å²) in [5, 5.41) is 31.6. The number of methoxy groups -OCH3 is 1. The molecule has 14 nitrogen and oxygen atoms in total. The number of benzene rings is 3. The third-order valence-corrected chi connectivity index (χ3v) is 6.81. The summed E-state index contributed by atoms with van der Waals surface area (Å²) in [7, 11) is 3.25. The quantitative estimate of drug-likeness (QED) is 0.125. The molecule has 5 aromatic rings. The van der Waals surface area contributed by atoms with Gasteiger partial charge in [-0.2, -0.15) is 13.8 Å². The van der Waals surface area contributed by atoms with E-state index in [2.05, 4.69) is 30.6 Å². The highest BCUT2D eigenvalue weighted by molar-refractivity contribution is 6.00. The summed E-state index contributed by atoms with van der Waals surface area (Å²) in [6, 6.07) is 15.0. The van der Waals surface area contributed by atoms with E-state index in [1.807, 2.05) is 18.0 Å². The lowest BCUT2D eigenvalue weighted by molar-refractivity contribution is 0.322. The molecule has 0 spiro atoms. The Morgan fingerprint density at radius 3 is 2.46 bits per heavy atom. The molecule has 0 unspecified atom stereocenters. The van der Waals surface area contributed by atoms with Crippen molar-refractivity contribution in [1.82, 2.24) is 30.5 Å². The highest BCUT2D eigenvalue weighted by Gasteiger charge is 2.28. The van der Waals surface area contributed by atoms with Crippen LogP contribution in [0, 0.1) is 17.0 Å². The number of hydrogen-bond acceptors (Lipinski definition) is 12. The van der Waals surface area contributed by atoms with E-state index < -0.39 is 34.9 Å². The van der Waals surface area contributed by atoms with Gasteiger partial charge in [-0.1, -0.05) is 12.1 Å². The Hall–Kier alpha value is -6.32. The number of pyridine rings is 1. The molecule has 0 fully saturated rings. The first kappa shape index (κ1) is 29.7. The van der Waals surface area contributed by atoms with Crippen molar-refractivity contribution in [3.8, 4) is 57.6 Å². The first-order valence-corrected chi connectivity index (χ1v) is 13.6. The van der Waals surface area contributed by atoms with Gasteiger partial charge >= 0.3 is 0 Å². The monoisotopic (exact) mass is 629 g/mol. The molecule has 16 heteroatoms. The molecule has 0 saturated heterocycles. The summed E-state index contributed by atoms with van der Waals surface area (Å²) >= 11 is 0. The van der Waals surface area contributed by atoms with Crippen molar-refractivity contribution in [1.29, 1.82) is 5.41 Å². The number of hydrogen-bond donors (Lipinski definition) is 4. The number of phenolic OH excluding ortho intramolecular Hbond substituents is 1. The topological polar surface area (TPSA) is 190 Å². The fourth-order valence-electron chi connectivity index (χ4n) is 4.52. The van der Waals surface area contributed by atoms with Gasteiger partial charge in [-0.25, -0.2) is 5.10 Å². The standard InChI is InChI=1S/C30H25F2N9O5/c1-41-11-10-35-28(41)17-4-3-5-18(12-17)44-29-23(31)25(45-22-14-16(7-9-20(22)43-2)27-37-39-40-38-27)24(32)30(36-29)46-21-13-15(26(33)34)6-8-19(21)42/h3-9,12-14,42H,10-11H2,1-2H3,(H3,33,34)(H,37,38,39,40). The third-order valence-electron chi connectivity index (χ3n) is 6.81. The van der Waals surface area contributed by atoms with Crippen molar-refractivity contribution in [3.05, 3.63) is 83.4 Å². The summed E-state index contributed by atoms with van der Waals surface area (Å²) in [5.41, 5.74) is 6.87. The molecule has 5 N–H and O–H groups in total. The van der Waals surface area contributed by atoms with E-state index in [1.54, 1.807) is 24.3 Å². The molecule has 0 aliphatic carbocycles. The molecule has 0 radical (unpaired) electrons. The molecule has 1 aliphatic heterocycles. The molecule has 0 amide bonds. The second-order valence-electron chi connectivity index (χ2n) is 9.85. The van der Waals surface area contributed by atoms with Crippen LogP contribution in [0.2, 0.25) is 0 Å². The van der Waals surface area contributed by atoms with Crippen LogP contribution in [-0.4, -0.2) is 74.5 Å². The summed E-state index contributed by atoms with van der Waals surface area (Å²) < 4.78 is 54.8. The zero-order chi connectivity index (χ0) is 32.4. The van der Waals surface area contributed by atoms with Gasteiger partial charge in [0.25, 0.3) is 11.8 Å². The Morgan fingerprint density at radius 2 is 1.76 bits per heavy atom. The predicted molar refractivity (Wildman–Crippen MR) is 160 cm³/mol. The number of amidine groups is 2. The Bertz CT molecular complexity index is 1970. The second-order valence-corrected chi connectivity index (χ2v) is 9.85. The summed E-state index contributed by atoms with van der Waals surface area (Å²) in [6.07, 6.45) is 0. The van der Waals surface area contributed by atoms with E-state index in [1.165, 1.54) is 37.4 Å². The number of rotatable bonds is 10. The van der Waals surface area contributed by atoms with Gasteiger partial charge < -0.3 is 34.7 Å². The average Bonchev–Trinajstić information content (AvgIpc) is 3.75. The number of nitrogens with two attached hydrogens (primary N) is 1. The number of ether oxygens (including phenoxy) is 4. The van der Waals surface area contributed by atoms with Crippen LogP contribution in [0.1, 0.15) is 11.1 Å². The van der Waals surface area contributed by atoms with E-state index in [0.717, 1.165) is 12.4 Å². The van der Waals surface area contributed by atoms with Gasteiger partial charge in [-0.3, -0.25) is 10.4 Å². The Balaban J connectivity index is 1.45. The lowest BCUT2D eigenvalue weighted by Gasteiger charge is -2.17. The van der Waals surface area contributed by atoms with E-state index in [9.17, 15) is 5.11 Å². The lowest BCUT2D eigenvalue weighted by atomic mass is 10.2. The van der Waals surface area contributed by atoms with E-state index >= 15 is 8.78 Å². The number of H-pyrrole nitrogens is 1. The van der Waals surface area contributed by atoms with Crippen molar-refractivity contribution in [2.75, 3.05) is 27.2 Å². The van der Waals surface area contributed by atoms with Crippen LogP contribution in [0.4, 0.5) is 8.78 Å². The van der Waals surface area contributed by atoms with Gasteiger partial charge in [-0.15, -0.1) is 5.10 Å². The summed E-state index contributed by atoms with van der Waals surface area (Å²) in [6.45, 7) is 1.37. The minimum atomic E-state index is -1.37. The number of aromatic hydroxyl groups is 1. The van der Waals surface area contributed by atoms with Crippen LogP contribution in [0.15, 0.2) is 65.7 Å². The fraction of sp³-hybridized carbons (Fsp3) is 0.133.